The molecule has 0 radical (unpaired) electrons. The Morgan fingerprint density at radius 3 is 2.71 bits per heavy atom. The Bertz CT molecular complexity index is 537. The molecule has 2 aromatic rings. The molecule has 0 fully saturated rings. The first-order valence-corrected chi connectivity index (χ1v) is 5.80. The van der Waals surface area contributed by atoms with E-state index in [1.807, 2.05) is 36.6 Å². The van der Waals surface area contributed by atoms with E-state index in [2.05, 4.69) is 10.2 Å². The van der Waals surface area contributed by atoms with E-state index >= 15 is 0 Å². The number of hydrogen-bond acceptors (Lipinski definition) is 3. The Kier molecular flexibility index (Phi) is 3.33. The molecule has 0 atom stereocenters. The van der Waals surface area contributed by atoms with Crippen LogP contribution in [0.1, 0.15) is 18.3 Å². The van der Waals surface area contributed by atoms with E-state index in [1.165, 1.54) is 0 Å². The molecule has 1 aromatic heterocycles. The quantitative estimate of drug-likeness (QED) is 0.842. The maximum absolute atomic E-state index is 6.04. The van der Waals surface area contributed by atoms with Gasteiger partial charge in [-0.3, -0.25) is 4.57 Å². The molecule has 0 amide bonds. The third-order valence-electron chi connectivity index (χ3n) is 2.64. The van der Waals surface area contributed by atoms with Gasteiger partial charge in [0, 0.05) is 6.42 Å². The number of halogens is 1. The van der Waals surface area contributed by atoms with Crippen molar-refractivity contribution in [2.24, 2.45) is 0 Å². The van der Waals surface area contributed by atoms with E-state index in [0.717, 1.165) is 29.2 Å². The SMILES string of the molecule is CCc1nnc(Cl)n1-c1ccc(OC)c(C)c1. The van der Waals surface area contributed by atoms with Gasteiger partial charge in [0.25, 0.3) is 0 Å². The number of ether oxygens (including phenoxy) is 1. The number of hydrogen-bond donors (Lipinski definition) is 0. The van der Waals surface area contributed by atoms with Gasteiger partial charge in [-0.2, -0.15) is 0 Å². The molecule has 0 bridgehead atoms. The van der Waals surface area contributed by atoms with Gasteiger partial charge in [-0.15, -0.1) is 10.2 Å². The summed E-state index contributed by atoms with van der Waals surface area (Å²) in [6, 6.07) is 5.87. The molecule has 1 heterocycles. The zero-order valence-corrected chi connectivity index (χ0v) is 10.8. The fourth-order valence-electron chi connectivity index (χ4n) is 1.78. The lowest BCUT2D eigenvalue weighted by Crippen LogP contribution is -2.01. The van der Waals surface area contributed by atoms with Crippen molar-refractivity contribution in [3.63, 3.8) is 0 Å². The Morgan fingerprint density at radius 1 is 1.35 bits per heavy atom. The number of methoxy groups -OCH3 is 1. The fraction of sp³-hybridized carbons (Fsp3) is 0.333. The maximum atomic E-state index is 6.04. The smallest absolute Gasteiger partial charge is 0.229 e. The first kappa shape index (κ1) is 11.9. The monoisotopic (exact) mass is 251 g/mol. The average Bonchev–Trinajstić information content (AvgIpc) is 2.70. The molecule has 0 saturated heterocycles. The van der Waals surface area contributed by atoms with Crippen LogP contribution in [0, 0.1) is 6.92 Å². The number of rotatable bonds is 3. The molecule has 5 heteroatoms. The lowest BCUT2D eigenvalue weighted by Gasteiger charge is -2.10. The Hall–Kier alpha value is -1.55. The second kappa shape index (κ2) is 4.75. The van der Waals surface area contributed by atoms with Crippen LogP contribution in [0.25, 0.3) is 5.69 Å². The normalized spacial score (nSPS) is 10.6. The largest absolute Gasteiger partial charge is 0.496 e. The summed E-state index contributed by atoms with van der Waals surface area (Å²) in [5.74, 6) is 1.70. The van der Waals surface area contributed by atoms with E-state index in [4.69, 9.17) is 16.3 Å². The molecule has 1 aromatic carbocycles. The van der Waals surface area contributed by atoms with E-state index in [-0.39, 0.29) is 0 Å². The molecule has 0 aliphatic carbocycles. The molecule has 0 aliphatic rings. The van der Waals surface area contributed by atoms with Crippen molar-refractivity contribution in [3.8, 4) is 11.4 Å². The third kappa shape index (κ3) is 2.13. The minimum absolute atomic E-state index is 0.381. The molecule has 0 spiro atoms. The number of aromatic nitrogens is 3. The highest BCUT2D eigenvalue weighted by Gasteiger charge is 2.11. The number of aryl methyl sites for hydroxylation is 2. The Morgan fingerprint density at radius 2 is 2.12 bits per heavy atom. The lowest BCUT2D eigenvalue weighted by molar-refractivity contribution is 0.411. The second-order valence-corrected chi connectivity index (χ2v) is 4.07. The molecule has 0 saturated carbocycles. The van der Waals surface area contributed by atoms with Crippen LogP contribution in [0.4, 0.5) is 0 Å². The molecule has 90 valence electrons. The van der Waals surface area contributed by atoms with Crippen molar-refractivity contribution in [2.75, 3.05) is 7.11 Å². The van der Waals surface area contributed by atoms with Crippen LogP contribution >= 0.6 is 11.6 Å². The molecule has 2 rings (SSSR count). The van der Waals surface area contributed by atoms with Crippen molar-refractivity contribution in [2.45, 2.75) is 20.3 Å². The first-order valence-electron chi connectivity index (χ1n) is 5.42. The summed E-state index contributed by atoms with van der Waals surface area (Å²) >= 11 is 6.04. The highest BCUT2D eigenvalue weighted by molar-refractivity contribution is 6.28. The third-order valence-corrected chi connectivity index (χ3v) is 2.89. The van der Waals surface area contributed by atoms with Crippen molar-refractivity contribution in [3.05, 3.63) is 34.9 Å². The zero-order valence-electron chi connectivity index (χ0n) is 10.1. The van der Waals surface area contributed by atoms with E-state index in [0.29, 0.717) is 5.28 Å². The van der Waals surface area contributed by atoms with Gasteiger partial charge >= 0.3 is 0 Å². The first-order chi connectivity index (χ1) is 8.17. The van der Waals surface area contributed by atoms with Crippen LogP contribution in [-0.2, 0) is 6.42 Å². The van der Waals surface area contributed by atoms with E-state index < -0.39 is 0 Å². The van der Waals surface area contributed by atoms with Crippen LogP contribution in [-0.4, -0.2) is 21.9 Å². The predicted molar refractivity (Wildman–Crippen MR) is 67.0 cm³/mol. The molecule has 4 nitrogen and oxygen atoms in total. The highest BCUT2D eigenvalue weighted by atomic mass is 35.5. The molecular formula is C12H14ClN3O. The summed E-state index contributed by atoms with van der Waals surface area (Å²) in [5.41, 5.74) is 2.01. The summed E-state index contributed by atoms with van der Waals surface area (Å²) in [6.45, 7) is 4.01. The standard InChI is InChI=1S/C12H14ClN3O/c1-4-11-14-15-12(13)16(11)9-5-6-10(17-3)8(2)7-9/h5-7H,4H2,1-3H3. The predicted octanol–water partition coefficient (Wildman–Crippen LogP) is 2.80. The van der Waals surface area contributed by atoms with Gasteiger partial charge in [-0.25, -0.2) is 0 Å². The van der Waals surface area contributed by atoms with Crippen LogP contribution in [0.5, 0.6) is 5.75 Å². The molecule has 0 N–H and O–H groups in total. The summed E-state index contributed by atoms with van der Waals surface area (Å²) in [7, 11) is 1.66. The minimum Gasteiger partial charge on any atom is -0.496 e. The summed E-state index contributed by atoms with van der Waals surface area (Å²) in [5, 5.41) is 8.30. The van der Waals surface area contributed by atoms with Gasteiger partial charge in [0.2, 0.25) is 5.28 Å². The lowest BCUT2D eigenvalue weighted by atomic mass is 10.2. The number of benzene rings is 1. The van der Waals surface area contributed by atoms with Gasteiger partial charge in [0.15, 0.2) is 0 Å². The van der Waals surface area contributed by atoms with Crippen molar-refractivity contribution < 1.29 is 4.74 Å². The second-order valence-electron chi connectivity index (χ2n) is 3.73. The molecule has 0 unspecified atom stereocenters. The van der Waals surface area contributed by atoms with Gasteiger partial charge in [-0.1, -0.05) is 6.92 Å². The zero-order chi connectivity index (χ0) is 12.4. The van der Waals surface area contributed by atoms with Gasteiger partial charge < -0.3 is 4.74 Å². The molecule has 17 heavy (non-hydrogen) atoms. The topological polar surface area (TPSA) is 39.9 Å². The van der Waals surface area contributed by atoms with Crippen LogP contribution < -0.4 is 4.74 Å². The highest BCUT2D eigenvalue weighted by Crippen LogP contribution is 2.23. The molecule has 0 aliphatic heterocycles. The van der Waals surface area contributed by atoms with Crippen LogP contribution in [0.15, 0.2) is 18.2 Å². The Balaban J connectivity index is 2.53. The summed E-state index contributed by atoms with van der Waals surface area (Å²) in [4.78, 5) is 0. The van der Waals surface area contributed by atoms with Gasteiger partial charge in [0.1, 0.15) is 11.6 Å². The van der Waals surface area contributed by atoms with Crippen molar-refractivity contribution >= 4 is 11.6 Å². The van der Waals surface area contributed by atoms with Crippen LogP contribution in [0.2, 0.25) is 5.28 Å². The minimum atomic E-state index is 0.381. The average molecular weight is 252 g/mol. The van der Waals surface area contributed by atoms with Crippen LogP contribution in [0.3, 0.4) is 0 Å². The Labute approximate surface area is 105 Å². The summed E-state index contributed by atoms with van der Waals surface area (Å²) < 4.78 is 7.07. The molecular weight excluding hydrogens is 238 g/mol. The number of nitrogens with zero attached hydrogens (tertiary/aromatic N) is 3. The fourth-order valence-corrected chi connectivity index (χ4v) is 2.01. The van der Waals surface area contributed by atoms with E-state index in [9.17, 15) is 0 Å². The van der Waals surface area contributed by atoms with Gasteiger partial charge in [-0.05, 0) is 42.3 Å². The van der Waals surface area contributed by atoms with E-state index in [1.54, 1.807) is 7.11 Å². The van der Waals surface area contributed by atoms with Crippen molar-refractivity contribution in [1.82, 2.24) is 14.8 Å². The maximum Gasteiger partial charge on any atom is 0.229 e. The van der Waals surface area contributed by atoms with Crippen molar-refractivity contribution in [1.29, 1.82) is 0 Å². The summed E-state index contributed by atoms with van der Waals surface area (Å²) in [6.07, 6.45) is 0.783. The van der Waals surface area contributed by atoms with Gasteiger partial charge in [0.05, 0.1) is 12.8 Å².